The summed E-state index contributed by atoms with van der Waals surface area (Å²) in [6, 6.07) is 22.2. The van der Waals surface area contributed by atoms with Crippen LogP contribution in [0.25, 0.3) is 33.1 Å². The van der Waals surface area contributed by atoms with E-state index in [0.29, 0.717) is 5.13 Å². The number of imidazole rings is 1. The zero-order chi connectivity index (χ0) is 19.6. The Labute approximate surface area is 175 Å². The van der Waals surface area contributed by atoms with Gasteiger partial charge >= 0.3 is 0 Å². The second-order valence-electron chi connectivity index (χ2n) is 6.46. The van der Waals surface area contributed by atoms with Gasteiger partial charge in [0.2, 0.25) is 5.91 Å². The Morgan fingerprint density at radius 3 is 2.76 bits per heavy atom. The zero-order valence-electron chi connectivity index (χ0n) is 15.3. The fraction of sp³-hybridized carbons (Fsp3) is 0.0455. The molecule has 0 bridgehead atoms. The van der Waals surface area contributed by atoms with Crippen molar-refractivity contribution in [2.75, 3.05) is 11.1 Å². The number of nitrogens with one attached hydrogen (secondary N) is 2. The molecule has 5 nitrogen and oxygen atoms in total. The molecule has 0 aliphatic rings. The molecule has 2 heterocycles. The fourth-order valence-corrected chi connectivity index (χ4v) is 4.60. The molecule has 5 aromatic rings. The molecule has 0 atom stereocenters. The Morgan fingerprint density at radius 2 is 1.83 bits per heavy atom. The van der Waals surface area contributed by atoms with Gasteiger partial charge in [-0.2, -0.15) is 0 Å². The molecule has 5 rings (SSSR count). The summed E-state index contributed by atoms with van der Waals surface area (Å²) in [4.78, 5) is 24.7. The number of rotatable bonds is 5. The van der Waals surface area contributed by atoms with Crippen molar-refractivity contribution in [2.45, 2.75) is 5.16 Å². The molecule has 3 aromatic carbocycles. The van der Waals surface area contributed by atoms with E-state index in [2.05, 4.69) is 44.5 Å². The van der Waals surface area contributed by atoms with Crippen molar-refractivity contribution in [2.24, 2.45) is 0 Å². The van der Waals surface area contributed by atoms with Crippen LogP contribution in [0.5, 0.6) is 0 Å². The van der Waals surface area contributed by atoms with Gasteiger partial charge < -0.3 is 10.3 Å². The molecule has 0 aliphatic heterocycles. The average Bonchev–Trinajstić information content (AvgIpc) is 3.38. The number of fused-ring (bicyclic) bond motifs is 2. The van der Waals surface area contributed by atoms with Crippen LogP contribution < -0.4 is 5.32 Å². The lowest BCUT2D eigenvalue weighted by Crippen LogP contribution is -2.13. The summed E-state index contributed by atoms with van der Waals surface area (Å²) in [5.41, 5.74) is 3.80. The molecular weight excluding hydrogens is 400 g/mol. The predicted octanol–water partition coefficient (Wildman–Crippen LogP) is 5.57. The maximum atomic E-state index is 12.4. The first-order valence-corrected chi connectivity index (χ1v) is 10.9. The third-order valence-corrected chi connectivity index (χ3v) is 6.15. The van der Waals surface area contributed by atoms with Gasteiger partial charge in [-0.25, -0.2) is 9.97 Å². The number of H-pyrrole nitrogens is 1. The summed E-state index contributed by atoms with van der Waals surface area (Å²) < 4.78 is 0. The Bertz CT molecular complexity index is 1290. The van der Waals surface area contributed by atoms with Gasteiger partial charge in [0, 0.05) is 10.9 Å². The van der Waals surface area contributed by atoms with Crippen molar-refractivity contribution in [3.05, 3.63) is 72.1 Å². The number of thioether (sulfide) groups is 1. The molecule has 0 saturated carbocycles. The molecule has 2 N–H and O–H groups in total. The van der Waals surface area contributed by atoms with E-state index in [4.69, 9.17) is 0 Å². The molecular formula is C22H16N4OS2. The first-order chi connectivity index (χ1) is 14.3. The summed E-state index contributed by atoms with van der Waals surface area (Å²) in [5, 5.41) is 8.52. The third kappa shape index (κ3) is 3.74. The number of aromatic nitrogens is 3. The molecule has 0 fully saturated rings. The van der Waals surface area contributed by atoms with Crippen molar-refractivity contribution in [3.8, 4) is 11.3 Å². The van der Waals surface area contributed by atoms with E-state index in [-0.39, 0.29) is 11.7 Å². The van der Waals surface area contributed by atoms with Crippen LogP contribution in [-0.4, -0.2) is 26.6 Å². The molecule has 0 unspecified atom stereocenters. The van der Waals surface area contributed by atoms with E-state index < -0.39 is 0 Å². The van der Waals surface area contributed by atoms with Crippen molar-refractivity contribution < 1.29 is 4.79 Å². The lowest BCUT2D eigenvalue weighted by molar-refractivity contribution is -0.113. The summed E-state index contributed by atoms with van der Waals surface area (Å²) in [6.45, 7) is 0. The number of carbonyl (C=O) groups is 1. The maximum absolute atomic E-state index is 12.4. The van der Waals surface area contributed by atoms with Gasteiger partial charge in [-0.15, -0.1) is 11.3 Å². The van der Waals surface area contributed by atoms with Gasteiger partial charge in [0.25, 0.3) is 0 Å². The lowest BCUT2D eigenvalue weighted by Gasteiger charge is -2.03. The summed E-state index contributed by atoms with van der Waals surface area (Å²) in [7, 11) is 0. The predicted molar refractivity (Wildman–Crippen MR) is 121 cm³/mol. The standard InChI is InChI=1S/C22H16N4OS2/c27-20(13-29-21-23-17-10-3-4-11-18(17)24-21)26-22-25-19(12-28-22)16-9-5-7-14-6-1-2-8-15(14)16/h1-12H,13H2,(H,23,24)(H,25,26,27). The molecule has 142 valence electrons. The smallest absolute Gasteiger partial charge is 0.236 e. The number of nitrogens with zero attached hydrogens (tertiary/aromatic N) is 2. The minimum absolute atomic E-state index is 0.103. The van der Waals surface area contributed by atoms with E-state index in [1.807, 2.05) is 47.8 Å². The second-order valence-corrected chi connectivity index (χ2v) is 8.28. The number of carbonyl (C=O) groups excluding carboxylic acids is 1. The zero-order valence-corrected chi connectivity index (χ0v) is 16.9. The number of aromatic amines is 1. The Kier molecular flexibility index (Phi) is 4.75. The molecule has 0 aliphatic carbocycles. The maximum Gasteiger partial charge on any atom is 0.236 e. The van der Waals surface area contributed by atoms with Crippen LogP contribution in [0.15, 0.2) is 77.3 Å². The fourth-order valence-electron chi connectivity index (χ4n) is 3.19. The van der Waals surface area contributed by atoms with Gasteiger partial charge in [0.05, 0.1) is 22.5 Å². The van der Waals surface area contributed by atoms with E-state index in [1.165, 1.54) is 28.5 Å². The van der Waals surface area contributed by atoms with Crippen molar-refractivity contribution >= 4 is 55.9 Å². The highest BCUT2D eigenvalue weighted by Crippen LogP contribution is 2.31. The molecule has 1 amide bonds. The first kappa shape index (κ1) is 17.9. The third-order valence-electron chi connectivity index (χ3n) is 4.52. The minimum atomic E-state index is -0.103. The van der Waals surface area contributed by atoms with Crippen LogP contribution >= 0.6 is 23.1 Å². The van der Waals surface area contributed by atoms with Gasteiger partial charge in [0.15, 0.2) is 10.3 Å². The molecule has 0 spiro atoms. The van der Waals surface area contributed by atoms with Crippen LogP contribution in [0.2, 0.25) is 0 Å². The normalized spacial score (nSPS) is 11.2. The summed E-state index contributed by atoms with van der Waals surface area (Å²) in [6.07, 6.45) is 0. The van der Waals surface area contributed by atoms with Crippen LogP contribution in [0, 0.1) is 0 Å². The largest absolute Gasteiger partial charge is 0.333 e. The topological polar surface area (TPSA) is 70.7 Å². The van der Waals surface area contributed by atoms with Gasteiger partial charge in [0.1, 0.15) is 0 Å². The highest BCUT2D eigenvalue weighted by Gasteiger charge is 2.11. The van der Waals surface area contributed by atoms with Crippen LogP contribution in [0.1, 0.15) is 0 Å². The van der Waals surface area contributed by atoms with Crippen LogP contribution in [-0.2, 0) is 4.79 Å². The second kappa shape index (κ2) is 7.69. The van der Waals surface area contributed by atoms with Gasteiger partial charge in [-0.1, -0.05) is 66.4 Å². The Balaban J connectivity index is 1.27. The number of hydrogen-bond acceptors (Lipinski definition) is 5. The van der Waals surface area contributed by atoms with E-state index in [9.17, 15) is 4.79 Å². The molecule has 0 saturated heterocycles. The summed E-state index contributed by atoms with van der Waals surface area (Å²) >= 11 is 2.81. The highest BCUT2D eigenvalue weighted by atomic mass is 32.2. The Morgan fingerprint density at radius 1 is 1.00 bits per heavy atom. The number of para-hydroxylation sites is 2. The number of amides is 1. The lowest BCUT2D eigenvalue weighted by atomic mass is 10.0. The highest BCUT2D eigenvalue weighted by molar-refractivity contribution is 7.99. The van der Waals surface area contributed by atoms with Crippen LogP contribution in [0.4, 0.5) is 5.13 Å². The number of anilines is 1. The summed E-state index contributed by atoms with van der Waals surface area (Å²) in [5.74, 6) is 0.164. The molecule has 29 heavy (non-hydrogen) atoms. The SMILES string of the molecule is O=C(CSc1nc2ccccc2[nH]1)Nc1nc(-c2cccc3ccccc23)cs1. The van der Waals surface area contributed by atoms with Gasteiger partial charge in [-0.3, -0.25) is 4.79 Å². The van der Waals surface area contributed by atoms with E-state index in [1.54, 1.807) is 0 Å². The minimum Gasteiger partial charge on any atom is -0.333 e. The van der Waals surface area contributed by atoms with Crippen molar-refractivity contribution in [3.63, 3.8) is 0 Å². The van der Waals surface area contributed by atoms with Gasteiger partial charge in [-0.05, 0) is 22.9 Å². The van der Waals surface area contributed by atoms with Crippen LogP contribution in [0.3, 0.4) is 0 Å². The number of benzene rings is 3. The van der Waals surface area contributed by atoms with Crippen molar-refractivity contribution in [1.29, 1.82) is 0 Å². The first-order valence-electron chi connectivity index (χ1n) is 9.07. The average molecular weight is 417 g/mol. The number of hydrogen-bond donors (Lipinski definition) is 2. The quantitative estimate of drug-likeness (QED) is 0.368. The van der Waals surface area contributed by atoms with E-state index >= 15 is 0 Å². The monoisotopic (exact) mass is 416 g/mol. The number of thiazole rings is 1. The molecule has 0 radical (unpaired) electrons. The van der Waals surface area contributed by atoms with E-state index in [0.717, 1.165) is 32.8 Å². The molecule has 7 heteroatoms. The Hall–Kier alpha value is -3.16. The molecule has 2 aromatic heterocycles. The van der Waals surface area contributed by atoms with Crippen molar-refractivity contribution in [1.82, 2.24) is 15.0 Å².